The molecule has 29 heavy (non-hydrogen) atoms. The number of fused-ring (bicyclic) bond motifs is 1. The Balaban J connectivity index is 1.61. The summed E-state index contributed by atoms with van der Waals surface area (Å²) in [6.07, 6.45) is 0.735. The number of carbonyl (C=O) groups excluding carboxylic acids is 2. The Bertz CT molecular complexity index is 922. The van der Waals surface area contributed by atoms with Gasteiger partial charge in [0.25, 0.3) is 5.91 Å². The van der Waals surface area contributed by atoms with E-state index < -0.39 is 0 Å². The summed E-state index contributed by atoms with van der Waals surface area (Å²) in [5.74, 6) is 0.648. The highest BCUT2D eigenvalue weighted by Crippen LogP contribution is 2.46. The van der Waals surface area contributed by atoms with Crippen LogP contribution in [0, 0.1) is 18.8 Å². The first kappa shape index (κ1) is 19.5. The molecule has 1 aromatic carbocycles. The van der Waals surface area contributed by atoms with Gasteiger partial charge in [0, 0.05) is 51.6 Å². The predicted molar refractivity (Wildman–Crippen MR) is 108 cm³/mol. The first-order chi connectivity index (χ1) is 13.9. The van der Waals surface area contributed by atoms with Crippen molar-refractivity contribution >= 4 is 11.9 Å². The molecule has 7 nitrogen and oxygen atoms in total. The van der Waals surface area contributed by atoms with Crippen molar-refractivity contribution in [2.45, 2.75) is 26.3 Å². The summed E-state index contributed by atoms with van der Waals surface area (Å²) in [4.78, 5) is 31.3. The van der Waals surface area contributed by atoms with E-state index in [1.165, 1.54) is 5.56 Å². The van der Waals surface area contributed by atoms with Crippen LogP contribution in [0.3, 0.4) is 0 Å². The Morgan fingerprint density at radius 2 is 1.97 bits per heavy atom. The van der Waals surface area contributed by atoms with Crippen molar-refractivity contribution in [3.05, 3.63) is 52.9 Å². The number of likely N-dealkylation sites (tertiary alicyclic amines) is 2. The second kappa shape index (κ2) is 7.54. The van der Waals surface area contributed by atoms with Gasteiger partial charge in [-0.05, 0) is 24.5 Å². The minimum atomic E-state index is -0.111. The lowest BCUT2D eigenvalue weighted by molar-refractivity contribution is 0.0725. The molecular formula is C22H28N4O3. The van der Waals surface area contributed by atoms with E-state index in [-0.39, 0.29) is 29.8 Å². The van der Waals surface area contributed by atoms with Crippen LogP contribution in [0.5, 0.6) is 0 Å². The summed E-state index contributed by atoms with van der Waals surface area (Å²) in [6.45, 7) is 5.96. The highest BCUT2D eigenvalue weighted by Gasteiger charge is 2.51. The van der Waals surface area contributed by atoms with E-state index in [4.69, 9.17) is 4.52 Å². The first-order valence-corrected chi connectivity index (χ1v) is 10.2. The molecule has 2 aromatic rings. The smallest absolute Gasteiger partial charge is 0.320 e. The van der Waals surface area contributed by atoms with E-state index >= 15 is 0 Å². The number of benzene rings is 1. The summed E-state index contributed by atoms with van der Waals surface area (Å²) in [7, 11) is 3.58. The third-order valence-electron chi connectivity index (χ3n) is 6.22. The van der Waals surface area contributed by atoms with E-state index in [0.29, 0.717) is 25.4 Å². The molecule has 0 N–H and O–H groups in total. The lowest BCUT2D eigenvalue weighted by Crippen LogP contribution is -2.42. The average Bonchev–Trinajstić information content (AvgIpc) is 3.41. The van der Waals surface area contributed by atoms with Crippen LogP contribution < -0.4 is 0 Å². The van der Waals surface area contributed by atoms with Gasteiger partial charge in [-0.15, -0.1) is 0 Å². The van der Waals surface area contributed by atoms with Crippen molar-refractivity contribution in [3.63, 3.8) is 0 Å². The maximum Gasteiger partial charge on any atom is 0.320 e. The molecule has 7 heteroatoms. The van der Waals surface area contributed by atoms with Crippen LogP contribution >= 0.6 is 0 Å². The van der Waals surface area contributed by atoms with Gasteiger partial charge in [-0.1, -0.05) is 36.3 Å². The maximum absolute atomic E-state index is 12.9. The molecule has 2 aliphatic rings. The predicted octanol–water partition coefficient (Wildman–Crippen LogP) is 2.97. The number of urea groups is 1. The largest absolute Gasteiger partial charge is 0.351 e. The number of hydrogen-bond donors (Lipinski definition) is 0. The molecule has 154 valence electrons. The number of carbonyl (C=O) groups is 2. The summed E-state index contributed by atoms with van der Waals surface area (Å²) in [5.41, 5.74) is 3.12. The molecule has 2 saturated heterocycles. The number of rotatable bonds is 3. The van der Waals surface area contributed by atoms with Crippen molar-refractivity contribution in [1.29, 1.82) is 0 Å². The number of amides is 3. The van der Waals surface area contributed by atoms with Crippen LogP contribution in [0.4, 0.5) is 4.79 Å². The molecule has 3 amide bonds. The lowest BCUT2D eigenvalue weighted by atomic mass is 9.88. The molecule has 0 aliphatic carbocycles. The molecule has 0 radical (unpaired) electrons. The number of hydrogen-bond acceptors (Lipinski definition) is 4. The van der Waals surface area contributed by atoms with Gasteiger partial charge in [0.05, 0.1) is 11.7 Å². The van der Waals surface area contributed by atoms with E-state index in [1.54, 1.807) is 25.1 Å². The quantitative estimate of drug-likeness (QED) is 0.800. The van der Waals surface area contributed by atoms with Gasteiger partial charge >= 0.3 is 6.03 Å². The normalized spacial score (nSPS) is 23.4. The topological polar surface area (TPSA) is 69.9 Å². The molecule has 2 fully saturated rings. The molecule has 4 rings (SSSR count). The van der Waals surface area contributed by atoms with E-state index in [9.17, 15) is 9.59 Å². The summed E-state index contributed by atoms with van der Waals surface area (Å²) < 4.78 is 5.26. The van der Waals surface area contributed by atoms with Gasteiger partial charge < -0.3 is 19.2 Å². The van der Waals surface area contributed by atoms with Crippen molar-refractivity contribution in [2.75, 3.05) is 33.7 Å². The summed E-state index contributed by atoms with van der Waals surface area (Å²) in [5, 5.41) is 3.95. The van der Waals surface area contributed by atoms with Gasteiger partial charge in [0.1, 0.15) is 0 Å². The standard InChI is InChI=1S/C22H28N4O3/c1-5-16-10-19(29-23-16)21(27)25-11-15-12-26(22(28)24(3)4)20(18(15)13-25)17-9-7-6-8-14(17)2/h6-10,15,18,20H,5,11-13H2,1-4H3/t15-,18-,20+/m1/s1. The molecule has 3 heterocycles. The second-order valence-electron chi connectivity index (χ2n) is 8.30. The Morgan fingerprint density at radius 3 is 2.62 bits per heavy atom. The monoisotopic (exact) mass is 396 g/mol. The second-order valence-corrected chi connectivity index (χ2v) is 8.30. The van der Waals surface area contributed by atoms with Crippen LogP contribution in [0.1, 0.15) is 40.3 Å². The van der Waals surface area contributed by atoms with Crippen molar-refractivity contribution in [2.24, 2.45) is 11.8 Å². The number of nitrogens with zero attached hydrogens (tertiary/aromatic N) is 4. The summed E-state index contributed by atoms with van der Waals surface area (Å²) >= 11 is 0. The highest BCUT2D eigenvalue weighted by atomic mass is 16.5. The molecule has 0 saturated carbocycles. The molecular weight excluding hydrogens is 368 g/mol. The third-order valence-corrected chi connectivity index (χ3v) is 6.22. The lowest BCUT2D eigenvalue weighted by Gasteiger charge is -2.32. The van der Waals surface area contributed by atoms with Crippen molar-refractivity contribution in [1.82, 2.24) is 19.9 Å². The molecule has 2 aliphatic heterocycles. The molecule has 0 unspecified atom stereocenters. The van der Waals surface area contributed by atoms with Crippen molar-refractivity contribution in [3.8, 4) is 0 Å². The van der Waals surface area contributed by atoms with E-state index in [0.717, 1.165) is 17.7 Å². The Hall–Kier alpha value is -2.83. The van der Waals surface area contributed by atoms with Gasteiger partial charge in [-0.3, -0.25) is 4.79 Å². The van der Waals surface area contributed by atoms with Crippen LogP contribution in [0.25, 0.3) is 0 Å². The highest BCUT2D eigenvalue weighted by molar-refractivity contribution is 5.91. The number of aryl methyl sites for hydroxylation is 2. The fourth-order valence-corrected chi connectivity index (χ4v) is 4.72. The average molecular weight is 396 g/mol. The van der Waals surface area contributed by atoms with Crippen LogP contribution in [0.15, 0.2) is 34.9 Å². The third kappa shape index (κ3) is 3.39. The van der Waals surface area contributed by atoms with Crippen LogP contribution in [-0.2, 0) is 6.42 Å². The Labute approximate surface area is 171 Å². The molecule has 0 bridgehead atoms. The Kier molecular flexibility index (Phi) is 5.06. The zero-order valence-electron chi connectivity index (χ0n) is 17.5. The van der Waals surface area contributed by atoms with E-state index in [2.05, 4.69) is 24.2 Å². The van der Waals surface area contributed by atoms with Gasteiger partial charge in [0.15, 0.2) is 0 Å². The maximum atomic E-state index is 12.9. The minimum absolute atomic E-state index is 0.0216. The minimum Gasteiger partial charge on any atom is -0.351 e. The summed E-state index contributed by atoms with van der Waals surface area (Å²) in [6, 6.07) is 9.95. The zero-order valence-corrected chi connectivity index (χ0v) is 17.5. The molecule has 0 spiro atoms. The zero-order chi connectivity index (χ0) is 20.7. The van der Waals surface area contributed by atoms with Crippen molar-refractivity contribution < 1.29 is 14.1 Å². The number of aromatic nitrogens is 1. The van der Waals surface area contributed by atoms with Gasteiger partial charge in [0.2, 0.25) is 5.76 Å². The Morgan fingerprint density at radius 1 is 1.21 bits per heavy atom. The fourth-order valence-electron chi connectivity index (χ4n) is 4.72. The van der Waals surface area contributed by atoms with Gasteiger partial charge in [-0.2, -0.15) is 0 Å². The van der Waals surface area contributed by atoms with Gasteiger partial charge in [-0.25, -0.2) is 4.79 Å². The van der Waals surface area contributed by atoms with Crippen LogP contribution in [-0.4, -0.2) is 65.5 Å². The van der Waals surface area contributed by atoms with Crippen LogP contribution in [0.2, 0.25) is 0 Å². The molecule has 1 aromatic heterocycles. The first-order valence-electron chi connectivity index (χ1n) is 10.2. The molecule has 3 atom stereocenters. The van der Waals surface area contributed by atoms with E-state index in [1.807, 2.05) is 28.9 Å². The fraction of sp³-hybridized carbons (Fsp3) is 0.500. The SMILES string of the molecule is CCc1cc(C(=O)N2C[C@@H]3CN(C(=O)N(C)C)[C@@H](c4ccccc4C)[C@@H]3C2)on1.